The molecular weight excluding hydrogens is 302 g/mol. The molecule has 5 nitrogen and oxygen atoms in total. The van der Waals surface area contributed by atoms with E-state index < -0.39 is 11.7 Å². The van der Waals surface area contributed by atoms with Gasteiger partial charge < -0.3 is 20.1 Å². The smallest absolute Gasteiger partial charge is 0.124 e. The van der Waals surface area contributed by atoms with Gasteiger partial charge in [-0.2, -0.15) is 0 Å². The van der Waals surface area contributed by atoms with Crippen molar-refractivity contribution in [3.8, 4) is 0 Å². The summed E-state index contributed by atoms with van der Waals surface area (Å²) in [5.41, 5.74) is 1.60. The molecule has 130 valence electrons. The number of para-hydroxylation sites is 2. The second kappa shape index (κ2) is 6.47. The van der Waals surface area contributed by atoms with Crippen molar-refractivity contribution in [1.29, 1.82) is 0 Å². The second-order valence-corrected chi connectivity index (χ2v) is 7.54. The van der Waals surface area contributed by atoms with Gasteiger partial charge in [0.05, 0.1) is 29.3 Å². The zero-order valence-corrected chi connectivity index (χ0v) is 14.1. The van der Waals surface area contributed by atoms with Crippen molar-refractivity contribution < 1.29 is 10.2 Å². The van der Waals surface area contributed by atoms with Crippen LogP contribution in [0.3, 0.4) is 0 Å². The first-order chi connectivity index (χ1) is 11.6. The van der Waals surface area contributed by atoms with E-state index in [1.54, 1.807) is 0 Å². The third-order valence-electron chi connectivity index (χ3n) is 5.39. The Balaban J connectivity index is 1.37. The van der Waals surface area contributed by atoms with E-state index in [4.69, 9.17) is 4.98 Å². The van der Waals surface area contributed by atoms with Crippen LogP contribution in [0.25, 0.3) is 11.0 Å². The molecule has 1 heterocycles. The minimum atomic E-state index is -0.651. The van der Waals surface area contributed by atoms with E-state index in [2.05, 4.69) is 28.1 Å². The van der Waals surface area contributed by atoms with Gasteiger partial charge in [-0.1, -0.05) is 25.0 Å². The molecule has 5 heteroatoms. The van der Waals surface area contributed by atoms with Gasteiger partial charge in [0.15, 0.2) is 0 Å². The summed E-state index contributed by atoms with van der Waals surface area (Å²) >= 11 is 0. The highest BCUT2D eigenvalue weighted by Gasteiger charge is 2.33. The molecule has 0 radical (unpaired) electrons. The van der Waals surface area contributed by atoms with Gasteiger partial charge in [0.25, 0.3) is 0 Å². The van der Waals surface area contributed by atoms with Crippen LogP contribution in [0, 0.1) is 0 Å². The number of aliphatic hydroxyl groups is 2. The fourth-order valence-electron chi connectivity index (χ4n) is 4.06. The largest absolute Gasteiger partial charge is 0.392 e. The summed E-state index contributed by atoms with van der Waals surface area (Å²) in [4.78, 5) is 4.76. The summed E-state index contributed by atoms with van der Waals surface area (Å²) in [5.74, 6) is 1.05. The molecule has 1 aromatic carbocycles. The number of benzene rings is 1. The van der Waals surface area contributed by atoms with Gasteiger partial charge >= 0.3 is 0 Å². The lowest BCUT2D eigenvalue weighted by molar-refractivity contribution is -0.00488. The highest BCUT2D eigenvalue weighted by Crippen LogP contribution is 2.38. The van der Waals surface area contributed by atoms with E-state index in [0.29, 0.717) is 25.6 Å². The van der Waals surface area contributed by atoms with Gasteiger partial charge in [-0.15, -0.1) is 0 Å². The van der Waals surface area contributed by atoms with Crippen LogP contribution < -0.4 is 5.32 Å². The zero-order valence-electron chi connectivity index (χ0n) is 14.1. The van der Waals surface area contributed by atoms with Crippen molar-refractivity contribution in [2.24, 2.45) is 0 Å². The van der Waals surface area contributed by atoms with Crippen LogP contribution >= 0.6 is 0 Å². The molecule has 0 amide bonds. The molecule has 2 aliphatic carbocycles. The Hall–Kier alpha value is -1.43. The molecule has 4 rings (SSSR count). The number of hydrogen-bond donors (Lipinski definition) is 3. The molecule has 3 N–H and O–H groups in total. The summed E-state index contributed by atoms with van der Waals surface area (Å²) in [6, 6.07) is 8.86. The van der Waals surface area contributed by atoms with E-state index in [1.807, 2.05) is 6.07 Å². The van der Waals surface area contributed by atoms with Gasteiger partial charge in [-0.25, -0.2) is 4.98 Å². The number of nitrogens with one attached hydrogen (secondary N) is 1. The van der Waals surface area contributed by atoms with Crippen LogP contribution in [-0.2, 0) is 6.54 Å². The van der Waals surface area contributed by atoms with Crippen LogP contribution in [0.5, 0.6) is 0 Å². The lowest BCUT2D eigenvalue weighted by atomic mass is 9.94. The molecule has 0 bridgehead atoms. The first-order valence-electron chi connectivity index (χ1n) is 9.22. The summed E-state index contributed by atoms with van der Waals surface area (Å²) in [7, 11) is 0. The van der Waals surface area contributed by atoms with Gasteiger partial charge in [-0.05, 0) is 37.8 Å². The number of hydrogen-bond acceptors (Lipinski definition) is 4. The predicted octanol–water partition coefficient (Wildman–Crippen LogP) is 2.52. The number of nitrogens with zero attached hydrogens (tertiary/aromatic N) is 2. The third-order valence-corrected chi connectivity index (χ3v) is 5.39. The first kappa shape index (κ1) is 16.1. The molecule has 24 heavy (non-hydrogen) atoms. The number of fused-ring (bicyclic) bond motifs is 1. The Kier molecular flexibility index (Phi) is 4.33. The molecule has 1 aromatic heterocycles. The molecule has 0 aliphatic heterocycles. The summed E-state index contributed by atoms with van der Waals surface area (Å²) in [6.45, 7) is 1.15. The lowest BCUT2D eigenvalue weighted by Gasteiger charge is -2.25. The molecule has 2 fully saturated rings. The quantitative estimate of drug-likeness (QED) is 0.730. The monoisotopic (exact) mass is 329 g/mol. The molecule has 1 unspecified atom stereocenters. The van der Waals surface area contributed by atoms with Crippen molar-refractivity contribution >= 4 is 11.0 Å². The van der Waals surface area contributed by atoms with Crippen molar-refractivity contribution in [2.45, 2.75) is 69.2 Å². The molecule has 2 aromatic rings. The summed E-state index contributed by atoms with van der Waals surface area (Å²) in [5, 5.41) is 24.0. The van der Waals surface area contributed by atoms with Crippen molar-refractivity contribution in [2.75, 3.05) is 6.54 Å². The number of rotatable bonds is 7. The number of aliphatic hydroxyl groups excluding tert-OH is 1. The summed E-state index contributed by atoms with van der Waals surface area (Å²) < 4.78 is 2.35. The van der Waals surface area contributed by atoms with E-state index in [0.717, 1.165) is 37.0 Å². The predicted molar refractivity (Wildman–Crippen MR) is 93.8 cm³/mol. The fraction of sp³-hybridized carbons (Fsp3) is 0.632. The number of aromatic nitrogens is 2. The normalized spacial score (nSPS) is 21.4. The van der Waals surface area contributed by atoms with Crippen LogP contribution in [0.15, 0.2) is 24.3 Å². The first-order valence-corrected chi connectivity index (χ1v) is 9.22. The summed E-state index contributed by atoms with van der Waals surface area (Å²) in [6.07, 6.45) is 6.20. The highest BCUT2D eigenvalue weighted by atomic mass is 16.3. The second-order valence-electron chi connectivity index (χ2n) is 7.54. The van der Waals surface area contributed by atoms with E-state index >= 15 is 0 Å². The van der Waals surface area contributed by atoms with E-state index in [1.165, 1.54) is 18.4 Å². The Morgan fingerprint density at radius 3 is 2.75 bits per heavy atom. The Morgan fingerprint density at radius 1 is 1.25 bits per heavy atom. The van der Waals surface area contributed by atoms with Gasteiger partial charge in [0.1, 0.15) is 5.82 Å². The standard InChI is InChI=1S/C19H27N3O2/c23-15(11-19(24)9-3-4-10-19)12-20-13-18-21-16-5-1-2-6-17(16)22(18)14-7-8-14/h1-2,5-6,14-15,20,23-24H,3-4,7-13H2. The van der Waals surface area contributed by atoms with E-state index in [-0.39, 0.29) is 0 Å². The highest BCUT2D eigenvalue weighted by molar-refractivity contribution is 5.76. The topological polar surface area (TPSA) is 70.3 Å². The Labute approximate surface area is 142 Å². The SMILES string of the molecule is OC(CNCc1nc2ccccc2n1C1CC1)CC1(O)CCCC1. The Morgan fingerprint density at radius 2 is 2.00 bits per heavy atom. The minimum absolute atomic E-state index is 0.471. The lowest BCUT2D eigenvalue weighted by Crippen LogP contribution is -2.36. The fourth-order valence-corrected chi connectivity index (χ4v) is 4.06. The Bertz CT molecular complexity index is 702. The third kappa shape index (κ3) is 3.34. The van der Waals surface area contributed by atoms with Gasteiger partial charge in [0, 0.05) is 19.0 Å². The molecule has 0 spiro atoms. The average molecular weight is 329 g/mol. The molecule has 2 aliphatic rings. The maximum Gasteiger partial charge on any atom is 0.124 e. The molecule has 2 saturated carbocycles. The number of imidazole rings is 1. The maximum atomic E-state index is 10.4. The van der Waals surface area contributed by atoms with E-state index in [9.17, 15) is 10.2 Å². The van der Waals surface area contributed by atoms with Crippen LogP contribution in [0.2, 0.25) is 0 Å². The average Bonchev–Trinajstić information content (AvgIpc) is 3.19. The maximum absolute atomic E-state index is 10.4. The van der Waals surface area contributed by atoms with Crippen molar-refractivity contribution in [3.63, 3.8) is 0 Å². The van der Waals surface area contributed by atoms with Crippen molar-refractivity contribution in [1.82, 2.24) is 14.9 Å². The van der Waals surface area contributed by atoms with Gasteiger partial charge in [-0.3, -0.25) is 0 Å². The van der Waals surface area contributed by atoms with Crippen molar-refractivity contribution in [3.05, 3.63) is 30.1 Å². The molecule has 1 atom stereocenters. The van der Waals surface area contributed by atoms with Crippen LogP contribution in [0.4, 0.5) is 0 Å². The van der Waals surface area contributed by atoms with Crippen LogP contribution in [0.1, 0.15) is 56.8 Å². The zero-order chi connectivity index (χ0) is 16.6. The minimum Gasteiger partial charge on any atom is -0.392 e. The molecular formula is C19H27N3O2. The molecule has 0 saturated heterocycles. The van der Waals surface area contributed by atoms with Crippen LogP contribution in [-0.4, -0.2) is 38.0 Å². The van der Waals surface area contributed by atoms with Gasteiger partial charge in [0.2, 0.25) is 0 Å².